The Labute approximate surface area is 225 Å². The molecule has 2 heterocycles. The van der Waals surface area contributed by atoms with E-state index in [2.05, 4.69) is 15.2 Å². The van der Waals surface area contributed by atoms with Crippen LogP contribution >= 0.6 is 11.3 Å². The molecule has 0 radical (unpaired) electrons. The number of aromatic nitrogens is 3. The van der Waals surface area contributed by atoms with Crippen LogP contribution in [0.25, 0.3) is 11.1 Å². The van der Waals surface area contributed by atoms with Crippen LogP contribution in [-0.4, -0.2) is 40.7 Å². The molecule has 0 aliphatic heterocycles. The van der Waals surface area contributed by atoms with Crippen molar-refractivity contribution in [3.8, 4) is 17.0 Å². The van der Waals surface area contributed by atoms with E-state index in [1.807, 2.05) is 48.2 Å². The van der Waals surface area contributed by atoms with Crippen molar-refractivity contribution < 1.29 is 18.3 Å². The summed E-state index contributed by atoms with van der Waals surface area (Å²) in [5.74, 6) is -3.05. The van der Waals surface area contributed by atoms with Crippen LogP contribution in [0.5, 0.6) is 5.88 Å². The van der Waals surface area contributed by atoms with E-state index >= 15 is 0 Å². The molecule has 2 aromatic heterocycles. The number of pyridine rings is 1. The van der Waals surface area contributed by atoms with E-state index in [4.69, 9.17) is 4.74 Å². The molecule has 1 amide bonds. The molecule has 0 atom stereocenters. The number of amides is 1. The second-order valence-corrected chi connectivity index (χ2v) is 12.6. The molecule has 1 aromatic carbocycles. The molecule has 2 bridgehead atoms. The summed E-state index contributed by atoms with van der Waals surface area (Å²) in [4.78, 5) is 19.7. The van der Waals surface area contributed by atoms with Gasteiger partial charge in [-0.15, -0.1) is 21.5 Å². The van der Waals surface area contributed by atoms with E-state index in [-0.39, 0.29) is 29.6 Å². The molecule has 200 valence electrons. The highest BCUT2D eigenvalue weighted by Crippen LogP contribution is 2.58. The van der Waals surface area contributed by atoms with Gasteiger partial charge in [0.1, 0.15) is 10.0 Å². The summed E-state index contributed by atoms with van der Waals surface area (Å²) in [6.07, 6.45) is 7.04. The molecule has 0 N–H and O–H groups in total. The van der Waals surface area contributed by atoms with Crippen molar-refractivity contribution in [2.45, 2.75) is 69.6 Å². The van der Waals surface area contributed by atoms with Gasteiger partial charge < -0.3 is 9.64 Å². The average Bonchev–Trinajstić information content (AvgIpc) is 3.38. The van der Waals surface area contributed by atoms with Crippen molar-refractivity contribution in [2.75, 3.05) is 18.6 Å². The molecule has 0 saturated heterocycles. The molecule has 0 spiro atoms. The molecule has 9 heteroatoms. The fourth-order valence-electron chi connectivity index (χ4n) is 6.57. The number of alkyl halides is 2. The first kappa shape index (κ1) is 25.3. The summed E-state index contributed by atoms with van der Waals surface area (Å²) in [5.41, 5.74) is 2.69. The fraction of sp³-hybridized carbons (Fsp3) is 0.517. The average molecular weight is 539 g/mol. The van der Waals surface area contributed by atoms with Gasteiger partial charge in [0.15, 0.2) is 0 Å². The van der Waals surface area contributed by atoms with E-state index in [0.29, 0.717) is 12.4 Å². The highest BCUT2D eigenvalue weighted by atomic mass is 32.1. The van der Waals surface area contributed by atoms with Crippen molar-refractivity contribution in [2.24, 2.45) is 11.3 Å². The Hall–Kier alpha value is -2.94. The number of carbonyl (C=O) groups excluding carboxylic acids is 1. The maximum atomic E-state index is 13.8. The Morgan fingerprint density at radius 1 is 1.05 bits per heavy atom. The van der Waals surface area contributed by atoms with Gasteiger partial charge in [0.25, 0.3) is 0 Å². The lowest BCUT2D eigenvalue weighted by atomic mass is 9.53. The Morgan fingerprint density at radius 2 is 1.76 bits per heavy atom. The van der Waals surface area contributed by atoms with Gasteiger partial charge in [-0.05, 0) is 80.2 Å². The Kier molecular flexibility index (Phi) is 6.24. The minimum atomic E-state index is -2.74. The lowest BCUT2D eigenvalue weighted by Crippen LogP contribution is -2.53. The normalized spacial score (nSPS) is 26.1. The smallest absolute Gasteiger partial charge is 0.249 e. The zero-order valence-electron chi connectivity index (χ0n) is 21.8. The van der Waals surface area contributed by atoms with Crippen molar-refractivity contribution in [1.82, 2.24) is 15.2 Å². The molecule has 4 fully saturated rings. The summed E-state index contributed by atoms with van der Waals surface area (Å²) in [7, 11) is 1.58. The highest BCUT2D eigenvalue weighted by Gasteiger charge is 2.54. The standard InChI is InChI=1S/C29H32F2N4O2S/c1-19-33-34-26(38-19)28-10-7-27(8-11-28,9-12-28)18-35(25(36)22-16-29(30,31)17-22)23-5-3-4-20(14-23)21-6-13-32-24(15-21)37-2/h3-6,13-15,22H,7-12,16-18H2,1-2H3. The van der Waals surface area contributed by atoms with E-state index in [1.54, 1.807) is 24.6 Å². The van der Waals surface area contributed by atoms with Crippen LogP contribution < -0.4 is 9.64 Å². The van der Waals surface area contributed by atoms with Crippen LogP contribution in [0.3, 0.4) is 0 Å². The van der Waals surface area contributed by atoms with Crippen LogP contribution in [0.15, 0.2) is 42.6 Å². The van der Waals surface area contributed by atoms with Gasteiger partial charge in [-0.3, -0.25) is 4.79 Å². The minimum absolute atomic E-state index is 0.0146. The molecule has 4 aliphatic rings. The highest BCUT2D eigenvalue weighted by molar-refractivity contribution is 7.11. The van der Waals surface area contributed by atoms with E-state index in [0.717, 1.165) is 65.4 Å². The number of nitrogens with zero attached hydrogens (tertiary/aromatic N) is 4. The second-order valence-electron chi connectivity index (χ2n) is 11.4. The Balaban J connectivity index is 1.28. The molecule has 6 nitrogen and oxygen atoms in total. The molecule has 3 aromatic rings. The van der Waals surface area contributed by atoms with Crippen LogP contribution in [0.1, 0.15) is 61.4 Å². The number of anilines is 1. The van der Waals surface area contributed by atoms with Gasteiger partial charge in [0.05, 0.1) is 7.11 Å². The number of ether oxygens (including phenoxy) is 1. The molecule has 4 aliphatic carbocycles. The fourth-order valence-corrected chi connectivity index (χ4v) is 7.54. The third-order valence-electron chi connectivity index (χ3n) is 9.02. The lowest BCUT2D eigenvalue weighted by molar-refractivity contribution is -0.148. The molecular weight excluding hydrogens is 506 g/mol. The monoisotopic (exact) mass is 538 g/mol. The van der Waals surface area contributed by atoms with Gasteiger partial charge in [0.2, 0.25) is 17.7 Å². The van der Waals surface area contributed by atoms with Crippen molar-refractivity contribution in [3.63, 3.8) is 0 Å². The first-order valence-electron chi connectivity index (χ1n) is 13.3. The van der Waals surface area contributed by atoms with Crippen molar-refractivity contribution in [1.29, 1.82) is 0 Å². The predicted octanol–water partition coefficient (Wildman–Crippen LogP) is 6.59. The van der Waals surface area contributed by atoms with Crippen LogP contribution in [-0.2, 0) is 10.2 Å². The maximum absolute atomic E-state index is 13.8. The van der Waals surface area contributed by atoms with Gasteiger partial charge in [-0.1, -0.05) is 12.1 Å². The summed E-state index contributed by atoms with van der Waals surface area (Å²) in [5, 5.41) is 10.9. The number of hydrogen-bond acceptors (Lipinski definition) is 6. The van der Waals surface area contributed by atoms with Gasteiger partial charge in [-0.25, -0.2) is 13.8 Å². The molecular formula is C29H32F2N4O2S. The van der Waals surface area contributed by atoms with E-state index in [9.17, 15) is 13.6 Å². The molecule has 38 heavy (non-hydrogen) atoms. The number of aryl methyl sites for hydroxylation is 1. The number of benzene rings is 1. The first-order chi connectivity index (χ1) is 18.2. The molecule has 0 unspecified atom stereocenters. The summed E-state index contributed by atoms with van der Waals surface area (Å²) in [6, 6.07) is 11.6. The lowest BCUT2D eigenvalue weighted by Gasteiger charge is -2.54. The van der Waals surface area contributed by atoms with E-state index < -0.39 is 11.8 Å². The number of hydrogen-bond donors (Lipinski definition) is 0. The van der Waals surface area contributed by atoms with Crippen LogP contribution in [0.2, 0.25) is 0 Å². The van der Waals surface area contributed by atoms with Crippen molar-refractivity contribution in [3.05, 3.63) is 52.6 Å². The number of rotatable bonds is 7. The summed E-state index contributed by atoms with van der Waals surface area (Å²) in [6.45, 7) is 2.56. The van der Waals surface area contributed by atoms with Crippen LogP contribution in [0, 0.1) is 18.3 Å². The Morgan fingerprint density at radius 3 is 2.39 bits per heavy atom. The third-order valence-corrected chi connectivity index (χ3v) is 10.1. The largest absolute Gasteiger partial charge is 0.481 e. The summed E-state index contributed by atoms with van der Waals surface area (Å²) < 4.78 is 32.9. The zero-order valence-corrected chi connectivity index (χ0v) is 22.6. The predicted molar refractivity (Wildman–Crippen MR) is 143 cm³/mol. The SMILES string of the molecule is COc1cc(-c2cccc(N(CC34CCC(c5nnc(C)s5)(CC3)CC4)C(=O)C3CC(F)(F)C3)c2)ccn1. The van der Waals surface area contributed by atoms with Crippen molar-refractivity contribution >= 4 is 22.9 Å². The first-order valence-corrected chi connectivity index (χ1v) is 14.1. The topological polar surface area (TPSA) is 68.2 Å². The Bertz CT molecular complexity index is 1330. The number of carbonyl (C=O) groups is 1. The zero-order chi connectivity index (χ0) is 26.5. The van der Waals surface area contributed by atoms with Gasteiger partial charge >= 0.3 is 0 Å². The minimum Gasteiger partial charge on any atom is -0.481 e. The summed E-state index contributed by atoms with van der Waals surface area (Å²) >= 11 is 1.70. The molecule has 7 rings (SSSR count). The van der Waals surface area contributed by atoms with E-state index in [1.165, 1.54) is 0 Å². The van der Waals surface area contributed by atoms with Gasteiger partial charge in [0, 0.05) is 48.7 Å². The maximum Gasteiger partial charge on any atom is 0.249 e. The van der Waals surface area contributed by atoms with Crippen LogP contribution in [0.4, 0.5) is 14.5 Å². The number of halogens is 2. The number of fused-ring (bicyclic) bond motifs is 3. The quantitative estimate of drug-likeness (QED) is 0.340. The second kappa shape index (κ2) is 9.36. The molecule has 4 saturated carbocycles. The number of methoxy groups -OCH3 is 1. The van der Waals surface area contributed by atoms with Gasteiger partial charge in [-0.2, -0.15) is 0 Å². The third kappa shape index (κ3) is 4.59.